The van der Waals surface area contributed by atoms with Gasteiger partial charge >= 0.3 is 0 Å². The summed E-state index contributed by atoms with van der Waals surface area (Å²) < 4.78 is 21.0. The molecule has 0 spiro atoms. The van der Waals surface area contributed by atoms with Crippen LogP contribution in [-0.4, -0.2) is 21.8 Å². The first-order valence-electron chi connectivity index (χ1n) is 6.14. The van der Waals surface area contributed by atoms with E-state index in [1.54, 1.807) is 12.3 Å². The van der Waals surface area contributed by atoms with Crippen molar-refractivity contribution in [1.82, 2.24) is 0 Å². The van der Waals surface area contributed by atoms with E-state index in [9.17, 15) is 4.21 Å². The van der Waals surface area contributed by atoms with E-state index in [1.807, 2.05) is 39.8 Å². The summed E-state index contributed by atoms with van der Waals surface area (Å²) in [5, 5.41) is 0.701. The molecule has 0 aliphatic rings. The maximum Gasteiger partial charge on any atom is 0.144 e. The van der Waals surface area contributed by atoms with Crippen molar-refractivity contribution in [2.24, 2.45) is 4.40 Å². The Labute approximate surface area is 122 Å². The van der Waals surface area contributed by atoms with Gasteiger partial charge in [0.2, 0.25) is 0 Å². The molecule has 0 bridgehead atoms. The van der Waals surface area contributed by atoms with E-state index in [2.05, 4.69) is 4.40 Å². The van der Waals surface area contributed by atoms with E-state index in [4.69, 9.17) is 16.3 Å². The molecule has 0 saturated heterocycles. The molecule has 0 saturated carbocycles. The second kappa shape index (κ2) is 7.06. The standard InChI is InChI=1S/C14H20ClNO2S/c1-11-10-12(15)6-7-13(11)18-9-5-8-16-19(17)14(2,3)4/h6-8,10H,5,9H2,1-4H3/b16-8+/t19-/m1/s1. The number of aryl methyl sites for hydroxylation is 1. The number of halogens is 1. The average Bonchev–Trinajstić information content (AvgIpc) is 2.29. The minimum atomic E-state index is -1.20. The minimum Gasteiger partial charge on any atom is -0.493 e. The predicted octanol–water partition coefficient (Wildman–Crippen LogP) is 3.95. The molecule has 3 nitrogen and oxygen atoms in total. The lowest BCUT2D eigenvalue weighted by Gasteiger charge is -2.12. The topological polar surface area (TPSA) is 38.7 Å². The highest BCUT2D eigenvalue weighted by molar-refractivity contribution is 7.85. The zero-order valence-electron chi connectivity index (χ0n) is 11.8. The van der Waals surface area contributed by atoms with Crippen LogP contribution in [0.2, 0.25) is 5.02 Å². The molecule has 0 fully saturated rings. The van der Waals surface area contributed by atoms with Gasteiger partial charge in [-0.25, -0.2) is 4.21 Å². The van der Waals surface area contributed by atoms with Crippen molar-refractivity contribution in [3.63, 3.8) is 0 Å². The molecule has 106 valence electrons. The average molecular weight is 302 g/mol. The zero-order chi connectivity index (χ0) is 14.5. The van der Waals surface area contributed by atoms with Crippen LogP contribution in [0, 0.1) is 6.92 Å². The van der Waals surface area contributed by atoms with Crippen LogP contribution in [-0.2, 0) is 11.0 Å². The third kappa shape index (κ3) is 5.74. The highest BCUT2D eigenvalue weighted by Gasteiger charge is 2.17. The molecule has 19 heavy (non-hydrogen) atoms. The Kier molecular flexibility index (Phi) is 6.01. The van der Waals surface area contributed by atoms with E-state index < -0.39 is 11.0 Å². The molecule has 0 aromatic heterocycles. The van der Waals surface area contributed by atoms with Gasteiger partial charge in [0.15, 0.2) is 0 Å². The van der Waals surface area contributed by atoms with Crippen LogP contribution in [0.4, 0.5) is 0 Å². The minimum absolute atomic E-state index is 0.315. The van der Waals surface area contributed by atoms with Crippen LogP contribution >= 0.6 is 11.6 Å². The van der Waals surface area contributed by atoms with E-state index in [0.717, 1.165) is 11.3 Å². The summed E-state index contributed by atoms with van der Waals surface area (Å²) in [7, 11) is -1.20. The van der Waals surface area contributed by atoms with E-state index in [0.29, 0.717) is 18.1 Å². The Balaban J connectivity index is 2.39. The first-order valence-corrected chi connectivity index (χ1v) is 7.62. The second-order valence-electron chi connectivity index (χ2n) is 5.20. The fourth-order valence-electron chi connectivity index (χ4n) is 1.27. The molecular weight excluding hydrogens is 282 g/mol. The number of benzene rings is 1. The molecule has 1 rings (SSSR count). The summed E-state index contributed by atoms with van der Waals surface area (Å²) in [4.78, 5) is 0. The third-order valence-electron chi connectivity index (χ3n) is 2.34. The molecular formula is C14H20ClNO2S. The summed E-state index contributed by atoms with van der Waals surface area (Å²) in [5.41, 5.74) is 1.00. The first kappa shape index (κ1) is 16.2. The van der Waals surface area contributed by atoms with Gasteiger partial charge < -0.3 is 4.74 Å². The number of ether oxygens (including phenoxy) is 1. The monoisotopic (exact) mass is 301 g/mol. The van der Waals surface area contributed by atoms with Gasteiger partial charge in [-0.15, -0.1) is 0 Å². The van der Waals surface area contributed by atoms with Crippen LogP contribution in [0.1, 0.15) is 32.8 Å². The Morgan fingerprint density at radius 2 is 2.11 bits per heavy atom. The summed E-state index contributed by atoms with van der Waals surface area (Å²) in [6.07, 6.45) is 2.29. The van der Waals surface area contributed by atoms with Crippen molar-refractivity contribution < 1.29 is 8.95 Å². The predicted molar refractivity (Wildman–Crippen MR) is 82.7 cm³/mol. The molecule has 0 aliphatic heterocycles. The Bertz CT molecular complexity index is 481. The quantitative estimate of drug-likeness (QED) is 0.610. The summed E-state index contributed by atoms with van der Waals surface area (Å²) >= 11 is 5.87. The smallest absolute Gasteiger partial charge is 0.144 e. The van der Waals surface area contributed by atoms with Crippen LogP contribution in [0.5, 0.6) is 5.75 Å². The van der Waals surface area contributed by atoms with Gasteiger partial charge in [0.1, 0.15) is 16.7 Å². The van der Waals surface area contributed by atoms with Crippen molar-refractivity contribution in [1.29, 1.82) is 0 Å². The van der Waals surface area contributed by atoms with Gasteiger partial charge in [-0.2, -0.15) is 4.40 Å². The van der Waals surface area contributed by atoms with Gasteiger partial charge in [-0.05, 0) is 51.5 Å². The molecule has 0 heterocycles. The van der Waals surface area contributed by atoms with Gasteiger partial charge in [0.25, 0.3) is 0 Å². The number of hydrogen-bond acceptors (Lipinski definition) is 2. The maximum absolute atomic E-state index is 11.6. The molecule has 0 aliphatic carbocycles. The summed E-state index contributed by atoms with van der Waals surface area (Å²) in [6.45, 7) is 8.15. The summed E-state index contributed by atoms with van der Waals surface area (Å²) in [5.74, 6) is 0.815. The Hall–Kier alpha value is -0.870. The van der Waals surface area contributed by atoms with Gasteiger partial charge in [-0.3, -0.25) is 0 Å². The summed E-state index contributed by atoms with van der Waals surface area (Å²) in [6, 6.07) is 5.51. The Morgan fingerprint density at radius 3 is 2.68 bits per heavy atom. The molecule has 0 N–H and O–H groups in total. The van der Waals surface area contributed by atoms with Crippen LogP contribution < -0.4 is 4.74 Å². The van der Waals surface area contributed by atoms with Crippen molar-refractivity contribution in [3.8, 4) is 5.75 Å². The highest BCUT2D eigenvalue weighted by Crippen LogP contribution is 2.21. The Morgan fingerprint density at radius 1 is 1.42 bits per heavy atom. The van der Waals surface area contributed by atoms with Crippen molar-refractivity contribution in [2.75, 3.05) is 6.61 Å². The molecule has 0 unspecified atom stereocenters. The van der Waals surface area contributed by atoms with Crippen LogP contribution in [0.25, 0.3) is 0 Å². The molecule has 1 atom stereocenters. The molecule has 1 aromatic rings. The first-order chi connectivity index (χ1) is 8.80. The molecule has 1 aromatic carbocycles. The lowest BCUT2D eigenvalue weighted by molar-refractivity contribution is 0.328. The molecule has 0 amide bonds. The molecule has 0 radical (unpaired) electrons. The van der Waals surface area contributed by atoms with Crippen molar-refractivity contribution in [2.45, 2.75) is 38.9 Å². The van der Waals surface area contributed by atoms with E-state index >= 15 is 0 Å². The lowest BCUT2D eigenvalue weighted by atomic mass is 10.2. The van der Waals surface area contributed by atoms with Gasteiger partial charge in [0, 0.05) is 17.7 Å². The maximum atomic E-state index is 11.6. The van der Waals surface area contributed by atoms with Crippen molar-refractivity contribution >= 4 is 28.8 Å². The number of hydrogen-bond donors (Lipinski definition) is 0. The fourth-order valence-corrected chi connectivity index (χ4v) is 2.06. The second-order valence-corrected chi connectivity index (χ2v) is 7.57. The fraction of sp³-hybridized carbons (Fsp3) is 0.500. The van der Waals surface area contributed by atoms with Gasteiger partial charge in [0.05, 0.1) is 11.4 Å². The van der Waals surface area contributed by atoms with Crippen LogP contribution in [0.15, 0.2) is 22.6 Å². The van der Waals surface area contributed by atoms with E-state index in [1.165, 1.54) is 0 Å². The number of rotatable bonds is 5. The van der Waals surface area contributed by atoms with Crippen LogP contribution in [0.3, 0.4) is 0 Å². The van der Waals surface area contributed by atoms with Gasteiger partial charge in [-0.1, -0.05) is 11.6 Å². The van der Waals surface area contributed by atoms with E-state index in [-0.39, 0.29) is 4.75 Å². The largest absolute Gasteiger partial charge is 0.493 e. The number of nitrogens with zero attached hydrogens (tertiary/aromatic N) is 1. The lowest BCUT2D eigenvalue weighted by Crippen LogP contribution is -2.19. The molecule has 5 heteroatoms. The normalized spacial score (nSPS) is 13.7. The highest BCUT2D eigenvalue weighted by atomic mass is 35.5. The zero-order valence-corrected chi connectivity index (χ0v) is 13.3. The SMILES string of the molecule is Cc1cc(Cl)ccc1OCC/C=N/[S@](=O)C(C)(C)C. The van der Waals surface area contributed by atoms with Crippen molar-refractivity contribution in [3.05, 3.63) is 28.8 Å². The third-order valence-corrected chi connectivity index (χ3v) is 3.96.